The summed E-state index contributed by atoms with van der Waals surface area (Å²) >= 11 is 0. The number of rotatable bonds is 3. The van der Waals surface area contributed by atoms with Crippen molar-refractivity contribution < 1.29 is 4.74 Å². The molecule has 0 aliphatic heterocycles. The van der Waals surface area contributed by atoms with Crippen LogP contribution in [0.2, 0.25) is 0 Å². The summed E-state index contributed by atoms with van der Waals surface area (Å²) in [6.45, 7) is 6.20. The maximum absolute atomic E-state index is 5.97. The maximum Gasteiger partial charge on any atom is 0.242 e. The molecule has 0 aromatic carbocycles. The molecule has 0 spiro atoms. The lowest BCUT2D eigenvalue weighted by molar-refractivity contribution is 0.391. The lowest BCUT2D eigenvalue weighted by Crippen LogP contribution is -2.19. The van der Waals surface area contributed by atoms with Crippen LogP contribution in [0.15, 0.2) is 0 Å². The molecule has 1 saturated carbocycles. The molecule has 1 aliphatic rings. The standard InChI is InChI=1S/C12H20N4O/c1-12(2,3)11-15-9(14-7-5-6-7)8(13)10(16-11)17-4/h7H,5-6,13H2,1-4H3,(H,14,15,16). The Morgan fingerprint density at radius 2 is 1.94 bits per heavy atom. The molecule has 1 aliphatic carbocycles. The molecule has 0 atom stereocenters. The number of ether oxygens (including phenoxy) is 1. The third-order valence-corrected chi connectivity index (χ3v) is 2.69. The SMILES string of the molecule is COc1nc(C(C)(C)C)nc(NC2CC2)c1N. The number of hydrogen-bond donors (Lipinski definition) is 2. The Morgan fingerprint density at radius 1 is 1.29 bits per heavy atom. The summed E-state index contributed by atoms with van der Waals surface area (Å²) in [6.07, 6.45) is 2.35. The normalized spacial score (nSPS) is 15.8. The molecule has 0 bridgehead atoms. The van der Waals surface area contributed by atoms with Crippen molar-refractivity contribution in [1.29, 1.82) is 0 Å². The Bertz CT molecular complexity index is 421. The van der Waals surface area contributed by atoms with Crippen molar-refractivity contribution in [3.8, 4) is 5.88 Å². The predicted octanol–water partition coefficient (Wildman–Crippen LogP) is 1.94. The van der Waals surface area contributed by atoms with Crippen LogP contribution in [0.25, 0.3) is 0 Å². The number of anilines is 2. The Balaban J connectivity index is 2.41. The number of nitrogens with one attached hydrogen (secondary N) is 1. The topological polar surface area (TPSA) is 73.1 Å². The minimum atomic E-state index is -0.124. The number of nitrogens with two attached hydrogens (primary N) is 1. The third-order valence-electron chi connectivity index (χ3n) is 2.69. The average molecular weight is 236 g/mol. The molecule has 0 amide bonds. The second-order valence-corrected chi connectivity index (χ2v) is 5.49. The van der Waals surface area contributed by atoms with Gasteiger partial charge in [0.2, 0.25) is 5.88 Å². The molecule has 0 radical (unpaired) electrons. The lowest BCUT2D eigenvalue weighted by Gasteiger charge is -2.20. The molecule has 1 aromatic rings. The zero-order valence-corrected chi connectivity index (χ0v) is 10.9. The first kappa shape index (κ1) is 12.0. The van der Waals surface area contributed by atoms with Crippen LogP contribution in [0.5, 0.6) is 5.88 Å². The zero-order valence-electron chi connectivity index (χ0n) is 10.9. The van der Waals surface area contributed by atoms with Crippen molar-refractivity contribution >= 4 is 11.5 Å². The van der Waals surface area contributed by atoms with Crippen LogP contribution >= 0.6 is 0 Å². The Morgan fingerprint density at radius 3 is 2.41 bits per heavy atom. The highest BCUT2D eigenvalue weighted by Gasteiger charge is 2.26. The zero-order chi connectivity index (χ0) is 12.6. The van der Waals surface area contributed by atoms with Gasteiger partial charge in [-0.05, 0) is 12.8 Å². The largest absolute Gasteiger partial charge is 0.479 e. The van der Waals surface area contributed by atoms with E-state index in [1.54, 1.807) is 7.11 Å². The van der Waals surface area contributed by atoms with E-state index in [1.807, 2.05) is 0 Å². The molecule has 2 rings (SSSR count). The van der Waals surface area contributed by atoms with Crippen LogP contribution in [0.4, 0.5) is 11.5 Å². The molecule has 3 N–H and O–H groups in total. The van der Waals surface area contributed by atoms with Crippen molar-refractivity contribution in [2.45, 2.75) is 45.1 Å². The van der Waals surface area contributed by atoms with E-state index in [0.29, 0.717) is 23.4 Å². The number of hydrogen-bond acceptors (Lipinski definition) is 5. The lowest BCUT2D eigenvalue weighted by atomic mass is 9.96. The minimum Gasteiger partial charge on any atom is -0.479 e. The number of nitrogen functional groups attached to an aromatic ring is 1. The first-order chi connectivity index (χ1) is 7.91. The maximum atomic E-state index is 5.97. The molecular weight excluding hydrogens is 216 g/mol. The molecule has 94 valence electrons. The number of methoxy groups -OCH3 is 1. The molecule has 1 aromatic heterocycles. The molecule has 5 heteroatoms. The first-order valence-electron chi connectivity index (χ1n) is 5.90. The van der Waals surface area contributed by atoms with Crippen molar-refractivity contribution in [2.75, 3.05) is 18.2 Å². The highest BCUT2D eigenvalue weighted by Crippen LogP contribution is 2.33. The van der Waals surface area contributed by atoms with Crippen molar-refractivity contribution in [3.63, 3.8) is 0 Å². The highest BCUT2D eigenvalue weighted by atomic mass is 16.5. The molecule has 5 nitrogen and oxygen atoms in total. The fourth-order valence-electron chi connectivity index (χ4n) is 1.47. The van der Waals surface area contributed by atoms with E-state index in [9.17, 15) is 0 Å². The Kier molecular flexibility index (Phi) is 2.85. The fourth-order valence-corrected chi connectivity index (χ4v) is 1.47. The van der Waals surface area contributed by atoms with Crippen LogP contribution in [-0.4, -0.2) is 23.1 Å². The predicted molar refractivity (Wildman–Crippen MR) is 68.3 cm³/mol. The molecular formula is C12H20N4O. The molecule has 0 unspecified atom stereocenters. The molecule has 1 fully saturated rings. The van der Waals surface area contributed by atoms with Gasteiger partial charge in [-0.3, -0.25) is 0 Å². The fraction of sp³-hybridized carbons (Fsp3) is 0.667. The van der Waals surface area contributed by atoms with Gasteiger partial charge in [-0.15, -0.1) is 0 Å². The summed E-state index contributed by atoms with van der Waals surface area (Å²) in [6, 6.07) is 0.504. The average Bonchev–Trinajstić information content (AvgIpc) is 3.03. The van der Waals surface area contributed by atoms with E-state index in [-0.39, 0.29) is 5.41 Å². The summed E-state index contributed by atoms with van der Waals surface area (Å²) in [4.78, 5) is 8.86. The van der Waals surface area contributed by atoms with Gasteiger partial charge in [-0.1, -0.05) is 20.8 Å². The number of aromatic nitrogens is 2. The third kappa shape index (κ3) is 2.60. The summed E-state index contributed by atoms with van der Waals surface area (Å²) in [5.41, 5.74) is 6.34. The van der Waals surface area contributed by atoms with Crippen molar-refractivity contribution in [3.05, 3.63) is 5.82 Å². The van der Waals surface area contributed by atoms with Gasteiger partial charge in [-0.25, -0.2) is 4.98 Å². The van der Waals surface area contributed by atoms with Gasteiger partial charge in [0, 0.05) is 11.5 Å². The second kappa shape index (κ2) is 4.05. The monoisotopic (exact) mass is 236 g/mol. The smallest absolute Gasteiger partial charge is 0.242 e. The first-order valence-corrected chi connectivity index (χ1v) is 5.90. The Hall–Kier alpha value is -1.52. The van der Waals surface area contributed by atoms with E-state index in [2.05, 4.69) is 36.1 Å². The van der Waals surface area contributed by atoms with Gasteiger partial charge in [-0.2, -0.15) is 4.98 Å². The molecule has 0 saturated heterocycles. The van der Waals surface area contributed by atoms with Gasteiger partial charge in [0.1, 0.15) is 11.5 Å². The summed E-state index contributed by atoms with van der Waals surface area (Å²) in [5.74, 6) is 1.89. The minimum absolute atomic E-state index is 0.124. The van der Waals surface area contributed by atoms with E-state index in [1.165, 1.54) is 12.8 Å². The van der Waals surface area contributed by atoms with Gasteiger partial charge in [0.15, 0.2) is 5.82 Å². The summed E-state index contributed by atoms with van der Waals surface area (Å²) < 4.78 is 5.21. The quantitative estimate of drug-likeness (QED) is 0.839. The number of nitrogens with zero attached hydrogens (tertiary/aromatic N) is 2. The van der Waals surface area contributed by atoms with Crippen LogP contribution in [0.1, 0.15) is 39.4 Å². The highest BCUT2D eigenvalue weighted by molar-refractivity contribution is 5.67. The van der Waals surface area contributed by atoms with E-state index in [4.69, 9.17) is 10.5 Å². The van der Waals surface area contributed by atoms with Crippen LogP contribution in [0.3, 0.4) is 0 Å². The Labute approximate surface area is 102 Å². The summed E-state index contributed by atoms with van der Waals surface area (Å²) in [5, 5.41) is 3.32. The van der Waals surface area contributed by atoms with Crippen molar-refractivity contribution in [2.24, 2.45) is 0 Å². The van der Waals surface area contributed by atoms with E-state index in [0.717, 1.165) is 5.82 Å². The van der Waals surface area contributed by atoms with E-state index >= 15 is 0 Å². The van der Waals surface area contributed by atoms with Gasteiger partial charge in [0.25, 0.3) is 0 Å². The molecule has 17 heavy (non-hydrogen) atoms. The van der Waals surface area contributed by atoms with Crippen LogP contribution in [-0.2, 0) is 5.41 Å². The van der Waals surface area contributed by atoms with Crippen LogP contribution < -0.4 is 15.8 Å². The van der Waals surface area contributed by atoms with Gasteiger partial charge < -0.3 is 15.8 Å². The van der Waals surface area contributed by atoms with E-state index < -0.39 is 0 Å². The van der Waals surface area contributed by atoms with Crippen LogP contribution in [0, 0.1) is 0 Å². The van der Waals surface area contributed by atoms with Crippen molar-refractivity contribution in [1.82, 2.24) is 9.97 Å². The second-order valence-electron chi connectivity index (χ2n) is 5.49. The molecule has 1 heterocycles. The summed E-state index contributed by atoms with van der Waals surface area (Å²) in [7, 11) is 1.58. The van der Waals surface area contributed by atoms with Gasteiger partial charge in [0.05, 0.1) is 7.11 Å². The van der Waals surface area contributed by atoms with Gasteiger partial charge >= 0.3 is 0 Å².